The van der Waals surface area contributed by atoms with Crippen LogP contribution in [0.5, 0.6) is 0 Å². The van der Waals surface area contributed by atoms with E-state index >= 15 is 0 Å². The molecular formula is C45H78O2. The lowest BCUT2D eigenvalue weighted by molar-refractivity contribution is -0.151. The van der Waals surface area contributed by atoms with E-state index in [9.17, 15) is 4.79 Å². The molecule has 0 unspecified atom stereocenters. The van der Waals surface area contributed by atoms with Gasteiger partial charge in [0.1, 0.15) is 6.10 Å². The van der Waals surface area contributed by atoms with Gasteiger partial charge in [-0.3, -0.25) is 4.79 Å². The summed E-state index contributed by atoms with van der Waals surface area (Å²) in [5, 5.41) is 0. The maximum absolute atomic E-state index is 12.8. The van der Waals surface area contributed by atoms with Crippen LogP contribution in [0.4, 0.5) is 0 Å². The van der Waals surface area contributed by atoms with Crippen molar-refractivity contribution in [3.05, 3.63) is 23.8 Å². The van der Waals surface area contributed by atoms with E-state index in [0.29, 0.717) is 17.3 Å². The second kappa shape index (κ2) is 19.4. The average Bonchev–Trinajstić information content (AvgIpc) is 3.40. The Morgan fingerprint density at radius 1 is 0.809 bits per heavy atom. The number of unbranched alkanes of at least 4 members (excludes halogenated alkanes) is 11. The van der Waals surface area contributed by atoms with E-state index in [2.05, 4.69) is 59.8 Å². The highest BCUT2D eigenvalue weighted by Crippen LogP contribution is 2.67. The lowest BCUT2D eigenvalue weighted by atomic mass is 9.47. The van der Waals surface area contributed by atoms with Gasteiger partial charge in [0.2, 0.25) is 0 Å². The van der Waals surface area contributed by atoms with Gasteiger partial charge in [-0.15, -0.1) is 0 Å². The van der Waals surface area contributed by atoms with Crippen LogP contribution in [0.25, 0.3) is 0 Å². The SMILES string of the molecule is CCCCCCCC/C=C/CCCCCCCC(=O)O[C@H]1CC[C@@]2(C)C(=CC[C@@H]3[C@H]4CC[C@@H]([C@H](C)CCCC(C)C)[C@@]4(C)CC[C@H]32)C1. The molecule has 270 valence electrons. The van der Waals surface area contributed by atoms with E-state index in [-0.39, 0.29) is 12.1 Å². The van der Waals surface area contributed by atoms with Gasteiger partial charge in [0.25, 0.3) is 0 Å². The highest BCUT2D eigenvalue weighted by molar-refractivity contribution is 5.69. The summed E-state index contributed by atoms with van der Waals surface area (Å²) in [5.74, 6) is 5.31. The van der Waals surface area contributed by atoms with E-state index in [1.807, 2.05) is 0 Å². The molecular weight excluding hydrogens is 572 g/mol. The highest BCUT2D eigenvalue weighted by atomic mass is 16.5. The van der Waals surface area contributed by atoms with Crippen molar-refractivity contribution in [3.8, 4) is 0 Å². The first-order valence-electron chi connectivity index (χ1n) is 21.2. The highest BCUT2D eigenvalue weighted by Gasteiger charge is 2.59. The van der Waals surface area contributed by atoms with Crippen LogP contribution in [0.3, 0.4) is 0 Å². The van der Waals surface area contributed by atoms with Crippen LogP contribution in [0.2, 0.25) is 0 Å². The Kier molecular flexibility index (Phi) is 16.0. The Morgan fingerprint density at radius 3 is 2.19 bits per heavy atom. The summed E-state index contributed by atoms with van der Waals surface area (Å²) in [4.78, 5) is 12.8. The maximum atomic E-state index is 12.8. The monoisotopic (exact) mass is 651 g/mol. The first-order chi connectivity index (χ1) is 22.7. The fourth-order valence-corrected chi connectivity index (χ4v) is 11.3. The van der Waals surface area contributed by atoms with Crippen LogP contribution in [-0.4, -0.2) is 12.1 Å². The maximum Gasteiger partial charge on any atom is 0.306 e. The summed E-state index contributed by atoms with van der Waals surface area (Å²) >= 11 is 0. The molecule has 0 aromatic carbocycles. The number of hydrogen-bond acceptors (Lipinski definition) is 2. The third-order valence-corrected chi connectivity index (χ3v) is 14.2. The zero-order chi connectivity index (χ0) is 33.7. The van der Waals surface area contributed by atoms with Gasteiger partial charge in [-0.05, 0) is 123 Å². The minimum Gasteiger partial charge on any atom is -0.462 e. The molecule has 0 aromatic heterocycles. The molecule has 2 nitrogen and oxygen atoms in total. The first kappa shape index (κ1) is 38.7. The minimum absolute atomic E-state index is 0.0541. The van der Waals surface area contributed by atoms with Crippen molar-refractivity contribution in [1.82, 2.24) is 0 Å². The molecule has 4 aliphatic rings. The summed E-state index contributed by atoms with van der Waals surface area (Å²) in [5.41, 5.74) is 2.53. The zero-order valence-corrected chi connectivity index (χ0v) is 32.3. The van der Waals surface area contributed by atoms with Crippen LogP contribution < -0.4 is 0 Å². The van der Waals surface area contributed by atoms with Crippen molar-refractivity contribution in [2.45, 2.75) is 208 Å². The Morgan fingerprint density at radius 2 is 1.49 bits per heavy atom. The second-order valence-electron chi connectivity index (χ2n) is 18.0. The minimum atomic E-state index is 0.0541. The van der Waals surface area contributed by atoms with Crippen LogP contribution in [0, 0.1) is 46.3 Å². The van der Waals surface area contributed by atoms with Crippen molar-refractivity contribution in [2.24, 2.45) is 46.3 Å². The van der Waals surface area contributed by atoms with Crippen molar-refractivity contribution in [1.29, 1.82) is 0 Å². The number of fused-ring (bicyclic) bond motifs is 5. The molecule has 0 aromatic rings. The fraction of sp³-hybridized carbons (Fsp3) is 0.889. The molecule has 0 aliphatic heterocycles. The summed E-state index contributed by atoms with van der Waals surface area (Å²) in [6, 6.07) is 0. The van der Waals surface area contributed by atoms with Gasteiger partial charge in [-0.2, -0.15) is 0 Å². The number of ether oxygens (including phenoxy) is 1. The topological polar surface area (TPSA) is 26.3 Å². The van der Waals surface area contributed by atoms with Gasteiger partial charge in [0, 0.05) is 12.8 Å². The summed E-state index contributed by atoms with van der Waals surface area (Å²) in [7, 11) is 0. The molecule has 4 rings (SSSR count). The van der Waals surface area contributed by atoms with E-state index < -0.39 is 0 Å². The zero-order valence-electron chi connectivity index (χ0n) is 32.3. The molecule has 0 radical (unpaired) electrons. The van der Waals surface area contributed by atoms with E-state index in [4.69, 9.17) is 4.74 Å². The Bertz CT molecular complexity index is 976. The standard InChI is InChI=1S/C45H78O2/c1-7-8-9-10-11-12-13-14-15-16-17-18-19-20-21-25-43(46)47-38-30-32-44(5)37(34-38)26-27-39-41-29-28-40(36(4)24-22-23-35(2)3)45(41,6)33-31-42(39)44/h14-15,26,35-36,38-42H,7-13,16-25,27-34H2,1-6H3/b15-14+/t36-,38+,39-,40+,41-,42-,44+,45-/m1/s1. The average molecular weight is 651 g/mol. The molecule has 4 aliphatic carbocycles. The third-order valence-electron chi connectivity index (χ3n) is 14.2. The van der Waals surface area contributed by atoms with Crippen LogP contribution in [0.15, 0.2) is 23.8 Å². The van der Waals surface area contributed by atoms with Gasteiger partial charge in [0.05, 0.1) is 0 Å². The number of rotatable bonds is 21. The van der Waals surface area contributed by atoms with Crippen molar-refractivity contribution >= 4 is 5.97 Å². The van der Waals surface area contributed by atoms with E-state index in [1.54, 1.807) is 5.57 Å². The van der Waals surface area contributed by atoms with Crippen LogP contribution in [-0.2, 0) is 9.53 Å². The Hall–Kier alpha value is -1.05. The number of carbonyl (C=O) groups excluding carboxylic acids is 1. The molecule has 0 saturated heterocycles. The molecule has 0 spiro atoms. The van der Waals surface area contributed by atoms with Crippen LogP contribution >= 0.6 is 0 Å². The fourth-order valence-electron chi connectivity index (χ4n) is 11.3. The first-order valence-corrected chi connectivity index (χ1v) is 21.2. The number of carbonyl (C=O) groups is 1. The molecule has 0 amide bonds. The van der Waals surface area contributed by atoms with Gasteiger partial charge in [0.15, 0.2) is 0 Å². The summed E-state index contributed by atoms with van der Waals surface area (Å²) < 4.78 is 6.12. The molecule has 8 atom stereocenters. The van der Waals surface area contributed by atoms with Crippen molar-refractivity contribution < 1.29 is 9.53 Å². The number of hydrogen-bond donors (Lipinski definition) is 0. The van der Waals surface area contributed by atoms with Crippen molar-refractivity contribution in [2.75, 3.05) is 0 Å². The molecule has 2 heteroatoms. The second-order valence-corrected chi connectivity index (χ2v) is 18.0. The quantitative estimate of drug-likeness (QED) is 0.0702. The Balaban J connectivity index is 1.12. The van der Waals surface area contributed by atoms with Crippen LogP contribution in [0.1, 0.15) is 202 Å². The van der Waals surface area contributed by atoms with E-state index in [0.717, 1.165) is 61.2 Å². The molecule has 0 heterocycles. The predicted molar refractivity (Wildman–Crippen MR) is 202 cm³/mol. The molecule has 47 heavy (non-hydrogen) atoms. The smallest absolute Gasteiger partial charge is 0.306 e. The molecule has 0 bridgehead atoms. The summed E-state index contributed by atoms with van der Waals surface area (Å²) in [6.07, 6.45) is 39.5. The lowest BCUT2D eigenvalue weighted by Crippen LogP contribution is -2.51. The molecule has 3 saturated carbocycles. The molecule has 3 fully saturated rings. The lowest BCUT2D eigenvalue weighted by Gasteiger charge is -2.58. The van der Waals surface area contributed by atoms with Gasteiger partial charge in [-0.25, -0.2) is 0 Å². The third kappa shape index (κ3) is 10.7. The normalized spacial score (nSPS) is 32.6. The van der Waals surface area contributed by atoms with Gasteiger partial charge < -0.3 is 4.74 Å². The summed E-state index contributed by atoms with van der Waals surface area (Å²) in [6.45, 7) is 14.9. The number of esters is 1. The van der Waals surface area contributed by atoms with E-state index in [1.165, 1.54) is 128 Å². The predicted octanol–water partition coefficient (Wildman–Crippen LogP) is 14.0. The largest absolute Gasteiger partial charge is 0.462 e. The van der Waals surface area contributed by atoms with Gasteiger partial charge >= 0.3 is 5.97 Å². The van der Waals surface area contributed by atoms with Crippen molar-refractivity contribution in [3.63, 3.8) is 0 Å². The number of allylic oxidation sites excluding steroid dienone is 3. The van der Waals surface area contributed by atoms with Gasteiger partial charge in [-0.1, -0.05) is 136 Å². The Labute approximate surface area is 293 Å². The molecule has 0 N–H and O–H groups in total.